The van der Waals surface area contributed by atoms with E-state index in [4.69, 9.17) is 0 Å². The van der Waals surface area contributed by atoms with Crippen molar-refractivity contribution in [1.82, 2.24) is 14.9 Å². The molecule has 6 nitrogen and oxygen atoms in total. The summed E-state index contributed by atoms with van der Waals surface area (Å²) in [6.07, 6.45) is 0.754. The van der Waals surface area contributed by atoms with Crippen molar-refractivity contribution in [3.63, 3.8) is 0 Å². The summed E-state index contributed by atoms with van der Waals surface area (Å²) in [5, 5.41) is 2.84. The number of hydrogen-bond acceptors (Lipinski definition) is 3. The number of carbonyl (C=O) groups excluding carboxylic acids is 2. The van der Waals surface area contributed by atoms with Gasteiger partial charge >= 0.3 is 6.18 Å². The van der Waals surface area contributed by atoms with Gasteiger partial charge in [-0.2, -0.15) is 13.2 Å². The van der Waals surface area contributed by atoms with E-state index < -0.39 is 17.7 Å². The molecule has 1 N–H and O–H groups in total. The van der Waals surface area contributed by atoms with Crippen LogP contribution in [0.5, 0.6) is 0 Å². The van der Waals surface area contributed by atoms with Crippen LogP contribution in [-0.2, 0) is 28.9 Å². The fourth-order valence-electron chi connectivity index (χ4n) is 3.75. The first-order chi connectivity index (χ1) is 15.3. The summed E-state index contributed by atoms with van der Waals surface area (Å²) in [5.41, 5.74) is 1.29. The number of imidazole rings is 1. The molecule has 2 aromatic carbocycles. The molecule has 0 radical (unpaired) electrons. The quantitative estimate of drug-likeness (QED) is 0.634. The number of hydrogen-bond donors (Lipinski definition) is 1. The first-order valence-electron chi connectivity index (χ1n) is 10.1. The van der Waals surface area contributed by atoms with Crippen LogP contribution in [0.2, 0.25) is 0 Å². The largest absolute Gasteiger partial charge is 0.416 e. The standard InChI is InChI=1S/C23H21F3N4O2/c24-23(25,26)19-5-2-6-20(11-19)30-14-18(10-21(30)31)22(32)28-12-16-3-1-4-17(9-16)13-29-8-7-27-15-29/h1-9,11,15,18H,10,12-14H2,(H,28,32). The number of aromatic nitrogens is 2. The van der Waals surface area contributed by atoms with Gasteiger partial charge in [0.15, 0.2) is 0 Å². The van der Waals surface area contributed by atoms with Crippen LogP contribution < -0.4 is 10.2 Å². The SMILES string of the molecule is O=C(NCc1cccc(Cn2ccnc2)c1)C1CC(=O)N(c2cccc(C(F)(F)F)c2)C1. The second kappa shape index (κ2) is 8.86. The van der Waals surface area contributed by atoms with E-state index in [1.807, 2.05) is 35.0 Å². The smallest absolute Gasteiger partial charge is 0.352 e. The van der Waals surface area contributed by atoms with E-state index in [0.717, 1.165) is 23.3 Å². The number of anilines is 1. The summed E-state index contributed by atoms with van der Waals surface area (Å²) < 4.78 is 40.9. The Bertz CT molecular complexity index is 1110. The van der Waals surface area contributed by atoms with Gasteiger partial charge in [0, 0.05) is 44.1 Å². The lowest BCUT2D eigenvalue weighted by molar-refractivity contribution is -0.137. The number of alkyl halides is 3. The van der Waals surface area contributed by atoms with Gasteiger partial charge in [0.1, 0.15) is 0 Å². The van der Waals surface area contributed by atoms with Crippen LogP contribution in [0.15, 0.2) is 67.3 Å². The maximum Gasteiger partial charge on any atom is 0.416 e. The van der Waals surface area contributed by atoms with E-state index in [1.54, 1.807) is 12.5 Å². The molecule has 1 aliphatic heterocycles. The van der Waals surface area contributed by atoms with Gasteiger partial charge in [-0.3, -0.25) is 9.59 Å². The number of amides is 2. The fourth-order valence-corrected chi connectivity index (χ4v) is 3.75. The van der Waals surface area contributed by atoms with Gasteiger partial charge in [-0.25, -0.2) is 4.98 Å². The average molecular weight is 442 g/mol. The predicted octanol–water partition coefficient (Wildman–Crippen LogP) is 3.62. The number of halogens is 3. The first-order valence-corrected chi connectivity index (χ1v) is 10.1. The average Bonchev–Trinajstić information content (AvgIpc) is 3.41. The van der Waals surface area contributed by atoms with Gasteiger partial charge in [0.05, 0.1) is 17.8 Å². The third kappa shape index (κ3) is 4.99. The van der Waals surface area contributed by atoms with E-state index >= 15 is 0 Å². The van der Waals surface area contributed by atoms with Crippen molar-refractivity contribution in [3.8, 4) is 0 Å². The summed E-state index contributed by atoms with van der Waals surface area (Å²) in [6.45, 7) is 1.00. The molecule has 1 aliphatic rings. The van der Waals surface area contributed by atoms with E-state index in [0.29, 0.717) is 13.1 Å². The molecule has 2 heterocycles. The Morgan fingerprint density at radius 3 is 2.66 bits per heavy atom. The van der Waals surface area contributed by atoms with Crippen molar-refractivity contribution in [2.45, 2.75) is 25.7 Å². The zero-order chi connectivity index (χ0) is 22.7. The zero-order valence-electron chi connectivity index (χ0n) is 17.0. The molecule has 2 amide bonds. The minimum absolute atomic E-state index is 0.0389. The van der Waals surface area contributed by atoms with Gasteiger partial charge in [-0.05, 0) is 29.3 Å². The highest BCUT2D eigenvalue weighted by Crippen LogP contribution is 2.33. The minimum Gasteiger partial charge on any atom is -0.352 e. The molecule has 1 unspecified atom stereocenters. The number of nitrogens with one attached hydrogen (secondary N) is 1. The molecular formula is C23H21F3N4O2. The Balaban J connectivity index is 1.36. The predicted molar refractivity (Wildman–Crippen MR) is 112 cm³/mol. The van der Waals surface area contributed by atoms with Gasteiger partial charge in [-0.15, -0.1) is 0 Å². The lowest BCUT2D eigenvalue weighted by Gasteiger charge is -2.18. The molecule has 32 heavy (non-hydrogen) atoms. The molecule has 1 fully saturated rings. The summed E-state index contributed by atoms with van der Waals surface area (Å²) in [5.74, 6) is -1.29. The Morgan fingerprint density at radius 2 is 1.91 bits per heavy atom. The highest BCUT2D eigenvalue weighted by molar-refractivity contribution is 6.00. The highest BCUT2D eigenvalue weighted by Gasteiger charge is 2.36. The van der Waals surface area contributed by atoms with Crippen LogP contribution in [0, 0.1) is 5.92 Å². The summed E-state index contributed by atoms with van der Waals surface area (Å²) in [7, 11) is 0. The van der Waals surface area contributed by atoms with Crippen LogP contribution in [0.3, 0.4) is 0 Å². The lowest BCUT2D eigenvalue weighted by atomic mass is 10.1. The van der Waals surface area contributed by atoms with Crippen LogP contribution in [0.25, 0.3) is 0 Å². The zero-order valence-corrected chi connectivity index (χ0v) is 17.0. The van der Waals surface area contributed by atoms with Gasteiger partial charge < -0.3 is 14.8 Å². The Labute approximate surface area is 182 Å². The van der Waals surface area contributed by atoms with Crippen molar-refractivity contribution in [3.05, 3.63) is 83.9 Å². The Kier molecular flexibility index (Phi) is 5.98. The number of nitrogens with zero attached hydrogens (tertiary/aromatic N) is 3. The first kappa shape index (κ1) is 21.6. The molecule has 0 aliphatic carbocycles. The van der Waals surface area contributed by atoms with Gasteiger partial charge in [0.25, 0.3) is 0 Å². The van der Waals surface area contributed by atoms with E-state index in [9.17, 15) is 22.8 Å². The van der Waals surface area contributed by atoms with Crippen LogP contribution in [0.1, 0.15) is 23.1 Å². The van der Waals surface area contributed by atoms with Crippen LogP contribution in [-0.4, -0.2) is 27.9 Å². The van der Waals surface area contributed by atoms with E-state index in [-0.39, 0.29) is 30.5 Å². The molecule has 9 heteroatoms. The molecule has 3 aromatic rings. The topological polar surface area (TPSA) is 67.2 Å². The molecule has 0 spiro atoms. The summed E-state index contributed by atoms with van der Waals surface area (Å²) in [4.78, 5) is 30.3. The fraction of sp³-hybridized carbons (Fsp3) is 0.261. The molecule has 4 rings (SSSR count). The molecule has 1 atom stereocenters. The van der Waals surface area contributed by atoms with Gasteiger partial charge in [0.2, 0.25) is 11.8 Å². The number of benzene rings is 2. The monoisotopic (exact) mass is 442 g/mol. The molecule has 0 saturated carbocycles. The second-order valence-electron chi connectivity index (χ2n) is 7.73. The molecule has 1 saturated heterocycles. The normalized spacial score (nSPS) is 16.4. The minimum atomic E-state index is -4.50. The van der Waals surface area contributed by atoms with E-state index in [1.165, 1.54) is 17.0 Å². The van der Waals surface area contributed by atoms with E-state index in [2.05, 4.69) is 10.3 Å². The number of rotatable bonds is 6. The second-order valence-corrected chi connectivity index (χ2v) is 7.73. The number of carbonyl (C=O) groups is 2. The molecular weight excluding hydrogens is 421 g/mol. The van der Waals surface area contributed by atoms with Crippen molar-refractivity contribution in [2.24, 2.45) is 5.92 Å². The van der Waals surface area contributed by atoms with Crippen LogP contribution in [0.4, 0.5) is 18.9 Å². The van der Waals surface area contributed by atoms with Crippen molar-refractivity contribution in [2.75, 3.05) is 11.4 Å². The molecule has 0 bridgehead atoms. The van der Waals surface area contributed by atoms with Crippen molar-refractivity contribution >= 4 is 17.5 Å². The lowest BCUT2D eigenvalue weighted by Crippen LogP contribution is -2.32. The third-order valence-electron chi connectivity index (χ3n) is 5.36. The molecule has 1 aromatic heterocycles. The summed E-state index contributed by atoms with van der Waals surface area (Å²) in [6, 6.07) is 12.4. The third-order valence-corrected chi connectivity index (χ3v) is 5.36. The highest BCUT2D eigenvalue weighted by atomic mass is 19.4. The van der Waals surface area contributed by atoms with Crippen molar-refractivity contribution in [1.29, 1.82) is 0 Å². The maximum atomic E-state index is 13.0. The van der Waals surface area contributed by atoms with Crippen molar-refractivity contribution < 1.29 is 22.8 Å². The molecule has 166 valence electrons. The Morgan fingerprint density at radius 1 is 1.12 bits per heavy atom. The van der Waals surface area contributed by atoms with Crippen LogP contribution >= 0.6 is 0 Å². The van der Waals surface area contributed by atoms with Gasteiger partial charge in [-0.1, -0.05) is 30.3 Å². The Hall–Kier alpha value is -3.62. The summed E-state index contributed by atoms with van der Waals surface area (Å²) >= 11 is 0. The maximum absolute atomic E-state index is 13.0.